The van der Waals surface area contributed by atoms with Gasteiger partial charge in [0.15, 0.2) is 11.6 Å². The molecule has 1 aliphatic rings. The van der Waals surface area contributed by atoms with Crippen LogP contribution in [0.4, 0.5) is 10.2 Å². The average Bonchev–Trinajstić information content (AvgIpc) is 3.61. The SMILES string of the molecule is CCCn1cc(-c2cc3c(N4CC=C(c5ncc(C(C)(O)c6ccc(F)cc6)cn5)CC4)ncnn3c2)cn1. The number of benzene rings is 1. The van der Waals surface area contributed by atoms with E-state index in [-0.39, 0.29) is 5.82 Å². The topological polar surface area (TPSA) is 97.3 Å². The summed E-state index contributed by atoms with van der Waals surface area (Å²) in [5.41, 5.74) is 3.89. The first-order valence-corrected chi connectivity index (χ1v) is 13.0. The number of rotatable bonds is 7. The van der Waals surface area contributed by atoms with Gasteiger partial charge in [0.2, 0.25) is 0 Å². The highest BCUT2D eigenvalue weighted by Gasteiger charge is 2.27. The molecule has 0 fully saturated rings. The summed E-state index contributed by atoms with van der Waals surface area (Å²) in [6.45, 7) is 6.10. The van der Waals surface area contributed by atoms with Gasteiger partial charge in [0.1, 0.15) is 23.3 Å². The third-order valence-corrected chi connectivity index (χ3v) is 7.22. The van der Waals surface area contributed by atoms with E-state index >= 15 is 0 Å². The van der Waals surface area contributed by atoms with Crippen molar-refractivity contribution < 1.29 is 9.50 Å². The summed E-state index contributed by atoms with van der Waals surface area (Å²) in [5.74, 6) is 1.16. The minimum absolute atomic E-state index is 0.348. The largest absolute Gasteiger partial charge is 0.381 e. The molecule has 0 bridgehead atoms. The maximum Gasteiger partial charge on any atom is 0.156 e. The maximum atomic E-state index is 13.3. The number of hydrogen-bond donors (Lipinski definition) is 1. The molecule has 39 heavy (non-hydrogen) atoms. The highest BCUT2D eigenvalue weighted by atomic mass is 19.1. The van der Waals surface area contributed by atoms with Crippen LogP contribution in [0.1, 0.15) is 43.6 Å². The quantitative estimate of drug-likeness (QED) is 0.335. The monoisotopic (exact) mass is 524 g/mol. The predicted molar refractivity (Wildman–Crippen MR) is 146 cm³/mol. The maximum absolute atomic E-state index is 13.3. The number of nitrogens with zero attached hydrogens (tertiary/aromatic N) is 8. The van der Waals surface area contributed by atoms with Crippen LogP contribution in [0, 0.1) is 5.82 Å². The van der Waals surface area contributed by atoms with E-state index in [0.29, 0.717) is 23.5 Å². The van der Waals surface area contributed by atoms with Crippen molar-refractivity contribution in [1.29, 1.82) is 0 Å². The molecule has 1 atom stereocenters. The average molecular weight is 525 g/mol. The third kappa shape index (κ3) is 4.79. The van der Waals surface area contributed by atoms with Crippen molar-refractivity contribution in [3.05, 3.63) is 96.5 Å². The van der Waals surface area contributed by atoms with Gasteiger partial charge >= 0.3 is 0 Å². The van der Waals surface area contributed by atoms with E-state index in [0.717, 1.165) is 54.0 Å². The zero-order chi connectivity index (χ0) is 27.0. The first kappa shape index (κ1) is 24.9. The van der Waals surface area contributed by atoms with Gasteiger partial charge < -0.3 is 10.0 Å². The van der Waals surface area contributed by atoms with Crippen molar-refractivity contribution in [2.45, 2.75) is 38.8 Å². The van der Waals surface area contributed by atoms with Gasteiger partial charge in [-0.25, -0.2) is 23.9 Å². The predicted octanol–water partition coefficient (Wildman–Crippen LogP) is 4.48. The lowest BCUT2D eigenvalue weighted by molar-refractivity contribution is 0.101. The van der Waals surface area contributed by atoms with Crippen LogP contribution in [-0.2, 0) is 12.1 Å². The fraction of sp³-hybridized carbons (Fsp3) is 0.276. The van der Waals surface area contributed by atoms with E-state index in [1.807, 2.05) is 21.6 Å². The Bertz CT molecular complexity index is 1640. The molecule has 5 heterocycles. The molecule has 0 aliphatic carbocycles. The Labute approximate surface area is 225 Å². The van der Waals surface area contributed by atoms with Gasteiger partial charge in [-0.15, -0.1) is 0 Å². The van der Waals surface area contributed by atoms with Gasteiger partial charge in [0.25, 0.3) is 0 Å². The van der Waals surface area contributed by atoms with Crippen LogP contribution in [0.15, 0.2) is 73.7 Å². The van der Waals surface area contributed by atoms with Gasteiger partial charge in [0.05, 0.1) is 6.20 Å². The molecular formula is C29H29FN8O. The normalized spacial score (nSPS) is 15.4. The molecule has 1 N–H and O–H groups in total. The lowest BCUT2D eigenvalue weighted by atomic mass is 9.90. The van der Waals surface area contributed by atoms with E-state index in [9.17, 15) is 9.50 Å². The summed E-state index contributed by atoms with van der Waals surface area (Å²) >= 11 is 0. The Balaban J connectivity index is 1.20. The fourth-order valence-corrected chi connectivity index (χ4v) is 4.93. The fourth-order valence-electron chi connectivity index (χ4n) is 4.93. The van der Waals surface area contributed by atoms with E-state index in [2.05, 4.69) is 55.3 Å². The summed E-state index contributed by atoms with van der Waals surface area (Å²) in [4.78, 5) is 15.9. The molecule has 0 saturated heterocycles. The first-order valence-electron chi connectivity index (χ1n) is 13.0. The van der Waals surface area contributed by atoms with Crippen LogP contribution >= 0.6 is 0 Å². The van der Waals surface area contributed by atoms with Crippen molar-refractivity contribution in [2.24, 2.45) is 0 Å². The van der Waals surface area contributed by atoms with E-state index in [1.54, 1.807) is 37.8 Å². The summed E-state index contributed by atoms with van der Waals surface area (Å²) in [7, 11) is 0. The van der Waals surface area contributed by atoms with Crippen molar-refractivity contribution in [3.8, 4) is 11.1 Å². The Hall–Kier alpha value is -4.44. The minimum Gasteiger partial charge on any atom is -0.381 e. The second-order valence-corrected chi connectivity index (χ2v) is 9.93. The Morgan fingerprint density at radius 1 is 0.974 bits per heavy atom. The number of fused-ring (bicyclic) bond motifs is 1. The van der Waals surface area contributed by atoms with Crippen LogP contribution in [0.25, 0.3) is 22.2 Å². The van der Waals surface area contributed by atoms with E-state index in [1.165, 1.54) is 12.1 Å². The van der Waals surface area contributed by atoms with Gasteiger partial charge in [-0.05, 0) is 49.1 Å². The van der Waals surface area contributed by atoms with Crippen molar-refractivity contribution in [1.82, 2.24) is 34.3 Å². The first-order chi connectivity index (χ1) is 18.9. The molecule has 0 spiro atoms. The molecule has 198 valence electrons. The molecule has 4 aromatic heterocycles. The molecule has 5 aromatic rings. The molecule has 10 heteroatoms. The number of anilines is 1. The highest BCUT2D eigenvalue weighted by molar-refractivity contribution is 5.78. The smallest absolute Gasteiger partial charge is 0.156 e. The molecule has 0 radical (unpaired) electrons. The van der Waals surface area contributed by atoms with Crippen LogP contribution in [0.2, 0.25) is 0 Å². The minimum atomic E-state index is -1.33. The van der Waals surface area contributed by atoms with Gasteiger partial charge in [-0.1, -0.05) is 25.1 Å². The van der Waals surface area contributed by atoms with Gasteiger partial charge in [-0.2, -0.15) is 10.2 Å². The Kier molecular flexibility index (Phi) is 6.40. The number of hydrogen-bond acceptors (Lipinski definition) is 7. The molecule has 0 saturated carbocycles. The molecule has 1 aromatic carbocycles. The summed E-state index contributed by atoms with van der Waals surface area (Å²) in [6.07, 6.45) is 14.7. The molecule has 9 nitrogen and oxygen atoms in total. The lowest BCUT2D eigenvalue weighted by Crippen LogP contribution is -2.30. The second-order valence-electron chi connectivity index (χ2n) is 9.93. The highest BCUT2D eigenvalue weighted by Crippen LogP contribution is 2.31. The van der Waals surface area contributed by atoms with Crippen molar-refractivity contribution in [2.75, 3.05) is 18.0 Å². The lowest BCUT2D eigenvalue weighted by Gasteiger charge is -2.27. The van der Waals surface area contributed by atoms with E-state index in [4.69, 9.17) is 0 Å². The van der Waals surface area contributed by atoms with Crippen molar-refractivity contribution in [3.63, 3.8) is 0 Å². The Morgan fingerprint density at radius 2 is 1.77 bits per heavy atom. The van der Waals surface area contributed by atoms with Crippen molar-refractivity contribution >= 4 is 16.9 Å². The number of aromatic nitrogens is 7. The number of halogens is 1. The number of aliphatic hydroxyl groups is 1. The summed E-state index contributed by atoms with van der Waals surface area (Å²) < 4.78 is 17.1. The van der Waals surface area contributed by atoms with Crippen LogP contribution in [0.5, 0.6) is 0 Å². The zero-order valence-electron chi connectivity index (χ0n) is 21.9. The molecule has 6 rings (SSSR count). The number of aryl methyl sites for hydroxylation is 1. The zero-order valence-corrected chi connectivity index (χ0v) is 21.9. The molecular weight excluding hydrogens is 495 g/mol. The van der Waals surface area contributed by atoms with Crippen LogP contribution in [0.3, 0.4) is 0 Å². The van der Waals surface area contributed by atoms with Gasteiger partial charge in [0, 0.05) is 61.1 Å². The molecule has 1 unspecified atom stereocenters. The van der Waals surface area contributed by atoms with Crippen LogP contribution in [-0.4, -0.2) is 52.5 Å². The second kappa shape index (κ2) is 10.0. The molecule has 0 amide bonds. The standard InChI is InChI=1S/C29H29FN8O/c1-3-10-37-17-22(14-34-37)21-13-26-28(33-19-35-38(26)18-21)36-11-8-20(9-12-36)27-31-15-24(16-32-27)29(2,39)23-4-6-25(30)7-5-23/h4-8,13-19,39H,3,9-12H2,1-2H3. The van der Waals surface area contributed by atoms with E-state index < -0.39 is 5.60 Å². The Morgan fingerprint density at radius 3 is 2.49 bits per heavy atom. The molecule has 1 aliphatic heterocycles. The van der Waals surface area contributed by atoms with Gasteiger partial charge in [-0.3, -0.25) is 4.68 Å². The van der Waals surface area contributed by atoms with Crippen LogP contribution < -0.4 is 4.90 Å². The summed E-state index contributed by atoms with van der Waals surface area (Å²) in [5, 5.41) is 19.9. The third-order valence-electron chi connectivity index (χ3n) is 7.22. The summed E-state index contributed by atoms with van der Waals surface area (Å²) in [6, 6.07) is 7.91.